The Hall–Kier alpha value is -1.06. The summed E-state index contributed by atoms with van der Waals surface area (Å²) in [6.07, 6.45) is 6.76. The van der Waals surface area contributed by atoms with Gasteiger partial charge in [-0.25, -0.2) is 9.67 Å². The molecule has 4 heteroatoms. The molecule has 1 aliphatic rings. The molecule has 0 aromatic carbocycles. The third kappa shape index (κ3) is 1.82. The van der Waals surface area contributed by atoms with Gasteiger partial charge in [-0.15, -0.1) is 5.10 Å². The molecule has 1 aliphatic carbocycles. The number of rotatable bonds is 1. The molecule has 0 aliphatic heterocycles. The molecular weight excluding hydrogens is 164 g/mol. The highest BCUT2D eigenvalue weighted by molar-refractivity contribution is 5.09. The van der Waals surface area contributed by atoms with E-state index in [1.54, 1.807) is 6.33 Å². The molecule has 1 fully saturated rings. The first-order valence-corrected chi connectivity index (χ1v) is 4.92. The molecule has 1 saturated carbocycles. The van der Waals surface area contributed by atoms with Crippen molar-refractivity contribution in [1.82, 2.24) is 14.8 Å². The lowest BCUT2D eigenvalue weighted by molar-refractivity contribution is 0.274. The first kappa shape index (κ1) is 8.53. The second-order valence-corrected chi connectivity index (χ2v) is 4.00. The Morgan fingerprint density at radius 2 is 2.08 bits per heavy atom. The number of nitrogens with two attached hydrogens (primary N) is 1. The molecule has 1 aromatic rings. The van der Waals surface area contributed by atoms with Gasteiger partial charge in [-0.2, -0.15) is 0 Å². The van der Waals surface area contributed by atoms with Gasteiger partial charge in [-0.1, -0.05) is 6.92 Å². The molecule has 2 rings (SSSR count). The summed E-state index contributed by atoms with van der Waals surface area (Å²) in [4.78, 5) is 3.94. The van der Waals surface area contributed by atoms with Gasteiger partial charge >= 0.3 is 0 Å². The fourth-order valence-corrected chi connectivity index (χ4v) is 1.97. The van der Waals surface area contributed by atoms with Crippen LogP contribution in [0, 0.1) is 5.92 Å². The fraction of sp³-hybridized carbons (Fsp3) is 0.778. The van der Waals surface area contributed by atoms with Crippen LogP contribution in [-0.4, -0.2) is 14.8 Å². The SMILES string of the molecule is CC1CCC(n2cnc(N)n2)CC1. The number of hydrogen-bond donors (Lipinski definition) is 1. The zero-order valence-electron chi connectivity index (χ0n) is 7.98. The van der Waals surface area contributed by atoms with Crippen LogP contribution in [0.1, 0.15) is 38.6 Å². The molecule has 0 radical (unpaired) electrons. The van der Waals surface area contributed by atoms with Gasteiger partial charge in [0.15, 0.2) is 0 Å². The maximum absolute atomic E-state index is 5.47. The van der Waals surface area contributed by atoms with Gasteiger partial charge in [0.2, 0.25) is 5.95 Å². The van der Waals surface area contributed by atoms with Gasteiger partial charge in [-0.05, 0) is 31.6 Å². The Bertz CT molecular complexity index is 273. The molecule has 0 saturated heterocycles. The summed E-state index contributed by atoms with van der Waals surface area (Å²) in [5.41, 5.74) is 5.47. The molecule has 0 atom stereocenters. The van der Waals surface area contributed by atoms with Gasteiger partial charge in [0, 0.05) is 0 Å². The molecule has 0 unspecified atom stereocenters. The Morgan fingerprint density at radius 3 is 2.62 bits per heavy atom. The maximum Gasteiger partial charge on any atom is 0.239 e. The molecule has 0 bridgehead atoms. The number of aromatic nitrogens is 3. The number of nitrogen functional groups attached to an aromatic ring is 1. The molecule has 72 valence electrons. The smallest absolute Gasteiger partial charge is 0.239 e. The fourth-order valence-electron chi connectivity index (χ4n) is 1.97. The Balaban J connectivity index is 2.02. The van der Waals surface area contributed by atoms with E-state index in [1.807, 2.05) is 4.68 Å². The molecule has 2 N–H and O–H groups in total. The highest BCUT2D eigenvalue weighted by Gasteiger charge is 2.20. The van der Waals surface area contributed by atoms with E-state index in [1.165, 1.54) is 25.7 Å². The summed E-state index contributed by atoms with van der Waals surface area (Å²) < 4.78 is 1.92. The average molecular weight is 180 g/mol. The van der Waals surface area contributed by atoms with E-state index in [0.717, 1.165) is 5.92 Å². The summed E-state index contributed by atoms with van der Waals surface area (Å²) in [6, 6.07) is 0.529. The van der Waals surface area contributed by atoms with Crippen molar-refractivity contribution in [3.63, 3.8) is 0 Å². The molecule has 1 aromatic heterocycles. The quantitative estimate of drug-likeness (QED) is 0.714. The molecule has 13 heavy (non-hydrogen) atoms. The normalized spacial score (nSPS) is 29.0. The third-order valence-electron chi connectivity index (χ3n) is 2.89. The monoisotopic (exact) mass is 180 g/mol. The van der Waals surface area contributed by atoms with Crippen molar-refractivity contribution in [3.05, 3.63) is 6.33 Å². The molecule has 1 heterocycles. The predicted octanol–water partition coefficient (Wildman–Crippen LogP) is 1.61. The zero-order valence-corrected chi connectivity index (χ0v) is 7.98. The Morgan fingerprint density at radius 1 is 1.38 bits per heavy atom. The minimum absolute atomic E-state index is 0.388. The number of anilines is 1. The van der Waals surface area contributed by atoms with Gasteiger partial charge in [0.05, 0.1) is 6.04 Å². The topological polar surface area (TPSA) is 56.7 Å². The molecule has 0 spiro atoms. The highest BCUT2D eigenvalue weighted by Crippen LogP contribution is 2.30. The van der Waals surface area contributed by atoms with E-state index in [9.17, 15) is 0 Å². The van der Waals surface area contributed by atoms with Crippen LogP contribution in [0.3, 0.4) is 0 Å². The van der Waals surface area contributed by atoms with E-state index in [0.29, 0.717) is 12.0 Å². The first-order chi connectivity index (χ1) is 6.25. The standard InChI is InChI=1S/C9H16N4/c1-7-2-4-8(5-3-7)13-6-11-9(10)12-13/h6-8H,2-5H2,1H3,(H2,10,12). The van der Waals surface area contributed by atoms with Crippen LogP contribution in [0.15, 0.2) is 6.33 Å². The van der Waals surface area contributed by atoms with Crippen LogP contribution < -0.4 is 5.73 Å². The first-order valence-electron chi connectivity index (χ1n) is 4.92. The van der Waals surface area contributed by atoms with Crippen LogP contribution in [-0.2, 0) is 0 Å². The van der Waals surface area contributed by atoms with E-state index >= 15 is 0 Å². The summed E-state index contributed by atoms with van der Waals surface area (Å²) in [5, 5.41) is 4.14. The van der Waals surface area contributed by atoms with Crippen molar-refractivity contribution in [2.75, 3.05) is 5.73 Å². The minimum Gasteiger partial charge on any atom is -0.367 e. The summed E-state index contributed by atoms with van der Waals surface area (Å²) >= 11 is 0. The lowest BCUT2D eigenvalue weighted by Crippen LogP contribution is -2.17. The van der Waals surface area contributed by atoms with Crippen molar-refractivity contribution in [3.8, 4) is 0 Å². The lowest BCUT2D eigenvalue weighted by atomic mass is 9.87. The van der Waals surface area contributed by atoms with Gasteiger partial charge in [0.1, 0.15) is 6.33 Å². The van der Waals surface area contributed by atoms with Crippen LogP contribution >= 0.6 is 0 Å². The predicted molar refractivity (Wildman–Crippen MR) is 51.1 cm³/mol. The third-order valence-corrected chi connectivity index (χ3v) is 2.89. The number of nitrogens with zero attached hydrogens (tertiary/aromatic N) is 3. The molecule has 0 amide bonds. The molecule has 4 nitrogen and oxygen atoms in total. The van der Waals surface area contributed by atoms with Crippen molar-refractivity contribution >= 4 is 5.95 Å². The summed E-state index contributed by atoms with van der Waals surface area (Å²) in [6.45, 7) is 2.31. The van der Waals surface area contributed by atoms with Gasteiger partial charge in [-0.3, -0.25) is 0 Å². The maximum atomic E-state index is 5.47. The van der Waals surface area contributed by atoms with Crippen LogP contribution in [0.5, 0.6) is 0 Å². The van der Waals surface area contributed by atoms with E-state index in [2.05, 4.69) is 17.0 Å². The summed E-state index contributed by atoms with van der Waals surface area (Å²) in [5.74, 6) is 1.26. The highest BCUT2D eigenvalue weighted by atomic mass is 15.4. The van der Waals surface area contributed by atoms with Gasteiger partial charge in [0.25, 0.3) is 0 Å². The second kappa shape index (κ2) is 3.36. The van der Waals surface area contributed by atoms with Gasteiger partial charge < -0.3 is 5.73 Å². The van der Waals surface area contributed by atoms with Crippen LogP contribution in [0.25, 0.3) is 0 Å². The van der Waals surface area contributed by atoms with E-state index < -0.39 is 0 Å². The van der Waals surface area contributed by atoms with Crippen molar-refractivity contribution in [2.24, 2.45) is 5.92 Å². The van der Waals surface area contributed by atoms with E-state index in [4.69, 9.17) is 5.73 Å². The largest absolute Gasteiger partial charge is 0.367 e. The number of hydrogen-bond acceptors (Lipinski definition) is 3. The van der Waals surface area contributed by atoms with Crippen LogP contribution in [0.4, 0.5) is 5.95 Å². The Kier molecular flexibility index (Phi) is 2.20. The minimum atomic E-state index is 0.388. The van der Waals surface area contributed by atoms with Crippen molar-refractivity contribution in [2.45, 2.75) is 38.6 Å². The van der Waals surface area contributed by atoms with E-state index in [-0.39, 0.29) is 0 Å². The summed E-state index contributed by atoms with van der Waals surface area (Å²) in [7, 11) is 0. The Labute approximate surface area is 78.1 Å². The van der Waals surface area contributed by atoms with Crippen molar-refractivity contribution in [1.29, 1.82) is 0 Å². The lowest BCUT2D eigenvalue weighted by Gasteiger charge is -2.25. The second-order valence-electron chi connectivity index (χ2n) is 4.00. The zero-order chi connectivity index (χ0) is 9.26. The van der Waals surface area contributed by atoms with Crippen LogP contribution in [0.2, 0.25) is 0 Å². The molecular formula is C9H16N4. The average Bonchev–Trinajstić information content (AvgIpc) is 2.53. The van der Waals surface area contributed by atoms with Crippen molar-refractivity contribution < 1.29 is 0 Å².